The van der Waals surface area contributed by atoms with Crippen LogP contribution in [0.15, 0.2) is 30.3 Å². The predicted molar refractivity (Wildman–Crippen MR) is 90.2 cm³/mol. The summed E-state index contributed by atoms with van der Waals surface area (Å²) >= 11 is 0. The van der Waals surface area contributed by atoms with Crippen LogP contribution in [0.3, 0.4) is 0 Å². The van der Waals surface area contributed by atoms with Crippen LogP contribution in [0.25, 0.3) is 0 Å². The maximum Gasteiger partial charge on any atom is 0.248 e. The van der Waals surface area contributed by atoms with Gasteiger partial charge >= 0.3 is 0 Å². The molecule has 126 valence electrons. The fourth-order valence-electron chi connectivity index (χ4n) is 3.38. The number of likely N-dealkylation sites (tertiary alicyclic amines) is 1. The van der Waals surface area contributed by atoms with Crippen LogP contribution in [0, 0.1) is 0 Å². The summed E-state index contributed by atoms with van der Waals surface area (Å²) in [6, 6.07) is 10.5. The second-order valence-corrected chi connectivity index (χ2v) is 6.60. The molecule has 0 saturated carbocycles. The first kappa shape index (κ1) is 16.4. The number of carbonyl (C=O) groups is 1. The molecule has 2 saturated heterocycles. The van der Waals surface area contributed by atoms with Gasteiger partial charge in [0, 0.05) is 45.3 Å². The molecule has 2 fully saturated rings. The quantitative estimate of drug-likeness (QED) is 0.813. The van der Waals surface area contributed by atoms with Crippen LogP contribution < -0.4 is 0 Å². The van der Waals surface area contributed by atoms with Crippen molar-refractivity contribution in [3.63, 3.8) is 0 Å². The molecule has 2 aliphatic heterocycles. The molecule has 0 N–H and O–H groups in total. The van der Waals surface area contributed by atoms with Gasteiger partial charge in [-0.2, -0.15) is 0 Å². The first-order valence-corrected chi connectivity index (χ1v) is 8.54. The van der Waals surface area contributed by atoms with Crippen LogP contribution in [0.4, 0.5) is 0 Å². The molecule has 1 atom stereocenters. The number of ether oxygens (including phenoxy) is 1. The van der Waals surface area contributed by atoms with Crippen molar-refractivity contribution in [2.24, 2.45) is 0 Å². The number of amides is 1. The summed E-state index contributed by atoms with van der Waals surface area (Å²) in [5, 5.41) is 0. The monoisotopic (exact) mass is 317 g/mol. The fraction of sp³-hybridized carbons (Fsp3) is 0.611. The minimum atomic E-state index is 0.123. The van der Waals surface area contributed by atoms with E-state index in [1.807, 2.05) is 35.2 Å². The van der Waals surface area contributed by atoms with E-state index < -0.39 is 0 Å². The molecule has 5 heteroatoms. The average molecular weight is 317 g/mol. The molecular formula is C18H27N3O2. The molecule has 0 bridgehead atoms. The molecule has 0 aliphatic carbocycles. The Morgan fingerprint density at radius 3 is 2.61 bits per heavy atom. The number of likely N-dealkylation sites (N-methyl/N-ethyl adjacent to an activating group) is 1. The van der Waals surface area contributed by atoms with Crippen molar-refractivity contribution in [2.75, 3.05) is 52.9 Å². The molecule has 23 heavy (non-hydrogen) atoms. The number of piperazine rings is 1. The van der Waals surface area contributed by atoms with Gasteiger partial charge < -0.3 is 14.5 Å². The van der Waals surface area contributed by atoms with Crippen LogP contribution >= 0.6 is 0 Å². The fourth-order valence-corrected chi connectivity index (χ4v) is 3.38. The van der Waals surface area contributed by atoms with Gasteiger partial charge in [0.15, 0.2) is 0 Å². The summed E-state index contributed by atoms with van der Waals surface area (Å²) in [5.41, 5.74) is 1.11. The van der Waals surface area contributed by atoms with Gasteiger partial charge in [-0.3, -0.25) is 9.69 Å². The van der Waals surface area contributed by atoms with E-state index in [1.54, 1.807) is 0 Å². The van der Waals surface area contributed by atoms with E-state index in [-0.39, 0.29) is 12.5 Å². The van der Waals surface area contributed by atoms with Gasteiger partial charge in [-0.05, 0) is 19.0 Å². The van der Waals surface area contributed by atoms with Gasteiger partial charge in [-0.15, -0.1) is 0 Å². The molecule has 3 rings (SSSR count). The van der Waals surface area contributed by atoms with E-state index in [2.05, 4.69) is 16.8 Å². The number of rotatable bonds is 5. The highest BCUT2D eigenvalue weighted by molar-refractivity contribution is 5.77. The maximum absolute atomic E-state index is 12.3. The van der Waals surface area contributed by atoms with Crippen molar-refractivity contribution < 1.29 is 9.53 Å². The molecule has 1 aromatic carbocycles. The highest BCUT2D eigenvalue weighted by atomic mass is 16.5. The van der Waals surface area contributed by atoms with Crippen LogP contribution in [-0.2, 0) is 16.1 Å². The number of benzene rings is 1. The average Bonchev–Trinajstić information content (AvgIpc) is 3.06. The maximum atomic E-state index is 12.3. The first-order valence-electron chi connectivity index (χ1n) is 8.54. The van der Waals surface area contributed by atoms with E-state index in [0.29, 0.717) is 12.6 Å². The number of nitrogens with zero attached hydrogens (tertiary/aromatic N) is 3. The molecule has 1 amide bonds. The van der Waals surface area contributed by atoms with E-state index >= 15 is 0 Å². The second-order valence-electron chi connectivity index (χ2n) is 6.60. The van der Waals surface area contributed by atoms with E-state index in [0.717, 1.165) is 51.3 Å². The predicted octanol–water partition coefficient (Wildman–Crippen LogP) is 1.05. The molecule has 2 heterocycles. The van der Waals surface area contributed by atoms with Gasteiger partial charge in [0.25, 0.3) is 0 Å². The van der Waals surface area contributed by atoms with Crippen molar-refractivity contribution in [2.45, 2.75) is 19.1 Å². The van der Waals surface area contributed by atoms with Gasteiger partial charge in [-0.25, -0.2) is 0 Å². The summed E-state index contributed by atoms with van der Waals surface area (Å²) in [6.45, 7) is 6.91. The van der Waals surface area contributed by atoms with Crippen molar-refractivity contribution in [3.05, 3.63) is 35.9 Å². The van der Waals surface area contributed by atoms with E-state index in [1.165, 1.54) is 0 Å². The largest absolute Gasteiger partial charge is 0.367 e. The second kappa shape index (κ2) is 7.90. The molecule has 5 nitrogen and oxygen atoms in total. The third-order valence-electron chi connectivity index (χ3n) is 4.91. The van der Waals surface area contributed by atoms with Gasteiger partial charge in [0.2, 0.25) is 5.91 Å². The van der Waals surface area contributed by atoms with Crippen LogP contribution in [0.2, 0.25) is 0 Å². The third kappa shape index (κ3) is 4.53. The lowest BCUT2D eigenvalue weighted by atomic mass is 10.2. The summed E-state index contributed by atoms with van der Waals surface area (Å²) in [5.74, 6) is 0.123. The highest BCUT2D eigenvalue weighted by Crippen LogP contribution is 2.17. The third-order valence-corrected chi connectivity index (χ3v) is 4.91. The summed E-state index contributed by atoms with van der Waals surface area (Å²) in [6.07, 6.45) is 1.09. The van der Waals surface area contributed by atoms with Gasteiger partial charge in [0.05, 0.1) is 6.61 Å². The first-order chi connectivity index (χ1) is 11.2. The Morgan fingerprint density at radius 1 is 1.13 bits per heavy atom. The molecule has 0 spiro atoms. The Bertz CT molecular complexity index is 500. The van der Waals surface area contributed by atoms with Crippen molar-refractivity contribution >= 4 is 5.91 Å². The molecule has 1 aromatic rings. The van der Waals surface area contributed by atoms with Gasteiger partial charge in [0.1, 0.15) is 6.61 Å². The molecule has 2 aliphatic rings. The number of hydrogen-bond donors (Lipinski definition) is 0. The van der Waals surface area contributed by atoms with Crippen molar-refractivity contribution in [3.8, 4) is 0 Å². The zero-order valence-electron chi connectivity index (χ0n) is 14.0. The minimum absolute atomic E-state index is 0.123. The summed E-state index contributed by atoms with van der Waals surface area (Å²) in [4.78, 5) is 19.2. The smallest absolute Gasteiger partial charge is 0.248 e. The van der Waals surface area contributed by atoms with E-state index in [9.17, 15) is 4.79 Å². The van der Waals surface area contributed by atoms with Crippen LogP contribution in [0.5, 0.6) is 0 Å². The Morgan fingerprint density at radius 2 is 1.87 bits per heavy atom. The Hall–Kier alpha value is -1.43. The van der Waals surface area contributed by atoms with Crippen LogP contribution in [0.1, 0.15) is 12.0 Å². The van der Waals surface area contributed by atoms with E-state index in [4.69, 9.17) is 4.74 Å². The van der Waals surface area contributed by atoms with Crippen molar-refractivity contribution in [1.29, 1.82) is 0 Å². The minimum Gasteiger partial charge on any atom is -0.367 e. The van der Waals surface area contributed by atoms with Crippen LogP contribution in [-0.4, -0.2) is 79.6 Å². The topological polar surface area (TPSA) is 36.0 Å². The molecule has 0 aromatic heterocycles. The SMILES string of the molecule is CN1CCN([C@@H]2CCN(C(=O)COCc3ccccc3)C2)CC1. The lowest BCUT2D eigenvalue weighted by Gasteiger charge is -2.36. The summed E-state index contributed by atoms with van der Waals surface area (Å²) < 4.78 is 5.58. The van der Waals surface area contributed by atoms with Crippen molar-refractivity contribution in [1.82, 2.24) is 14.7 Å². The summed E-state index contributed by atoms with van der Waals surface area (Å²) in [7, 11) is 2.17. The molecule has 0 unspecified atom stereocenters. The molecule has 0 radical (unpaired) electrons. The zero-order valence-corrected chi connectivity index (χ0v) is 14.0. The Labute approximate surface area is 138 Å². The normalized spacial score (nSPS) is 23.3. The highest BCUT2D eigenvalue weighted by Gasteiger charge is 2.31. The Balaban J connectivity index is 1.39. The van der Waals surface area contributed by atoms with Gasteiger partial charge in [-0.1, -0.05) is 30.3 Å². The Kier molecular flexibility index (Phi) is 5.65. The lowest BCUT2D eigenvalue weighted by Crippen LogP contribution is -2.50. The lowest BCUT2D eigenvalue weighted by molar-refractivity contribution is -0.135. The molecular weight excluding hydrogens is 290 g/mol. The number of carbonyl (C=O) groups excluding carboxylic acids is 1. The standard InChI is InChI=1S/C18H27N3O2/c1-19-9-11-20(12-10-19)17-7-8-21(13-17)18(22)15-23-14-16-5-3-2-4-6-16/h2-6,17H,7-15H2,1H3/t17-/m1/s1. The number of hydrogen-bond acceptors (Lipinski definition) is 4. The zero-order chi connectivity index (χ0) is 16.1.